The van der Waals surface area contributed by atoms with Gasteiger partial charge >= 0.3 is 0 Å². The number of rotatable bonds is 4. The van der Waals surface area contributed by atoms with Crippen LogP contribution < -0.4 is 15.2 Å². The summed E-state index contributed by atoms with van der Waals surface area (Å²) in [6.45, 7) is 5.27. The number of halogens is 1. The second kappa shape index (κ2) is 5.57. The highest BCUT2D eigenvalue weighted by Gasteiger charge is 2.22. The fourth-order valence-corrected chi connectivity index (χ4v) is 2.20. The Labute approximate surface area is 107 Å². The molecule has 2 rings (SSSR count). The zero-order chi connectivity index (χ0) is 13.1. The molecule has 2 atom stereocenters. The zero-order valence-electron chi connectivity index (χ0n) is 10.9. The van der Waals surface area contributed by atoms with Gasteiger partial charge in [-0.2, -0.15) is 0 Å². The number of alkyl halides is 1. The lowest BCUT2D eigenvalue weighted by atomic mass is 9.93. The van der Waals surface area contributed by atoms with Crippen LogP contribution >= 0.6 is 0 Å². The molecule has 0 radical (unpaired) electrons. The van der Waals surface area contributed by atoms with Crippen LogP contribution in [0.5, 0.6) is 11.5 Å². The number of benzene rings is 1. The van der Waals surface area contributed by atoms with E-state index in [1.165, 1.54) is 6.92 Å². The van der Waals surface area contributed by atoms with E-state index >= 15 is 0 Å². The molecule has 0 bridgehead atoms. The van der Waals surface area contributed by atoms with E-state index in [2.05, 4.69) is 6.92 Å². The Morgan fingerprint density at radius 1 is 1.28 bits per heavy atom. The maximum Gasteiger partial charge on any atom is 0.164 e. The highest BCUT2D eigenvalue weighted by molar-refractivity contribution is 5.52. The van der Waals surface area contributed by atoms with Crippen molar-refractivity contribution in [3.63, 3.8) is 0 Å². The summed E-state index contributed by atoms with van der Waals surface area (Å²) in [7, 11) is 0. The average Bonchev–Trinajstić information content (AvgIpc) is 2.37. The Morgan fingerprint density at radius 2 is 2.00 bits per heavy atom. The molecule has 1 aromatic carbocycles. The third kappa shape index (κ3) is 2.58. The summed E-state index contributed by atoms with van der Waals surface area (Å²) in [5.74, 6) is 1.65. The third-order valence-corrected chi connectivity index (χ3v) is 3.28. The smallest absolute Gasteiger partial charge is 0.164 e. The highest BCUT2D eigenvalue weighted by Crippen LogP contribution is 2.41. The largest absolute Gasteiger partial charge is 0.486 e. The molecule has 0 saturated heterocycles. The molecule has 1 aliphatic heterocycles. The predicted molar refractivity (Wildman–Crippen MR) is 69.0 cm³/mol. The zero-order valence-corrected chi connectivity index (χ0v) is 10.9. The molecule has 1 aromatic rings. The molecule has 0 aliphatic carbocycles. The molecule has 2 N–H and O–H groups in total. The lowest BCUT2D eigenvalue weighted by Gasteiger charge is -2.25. The molecule has 1 aliphatic rings. The third-order valence-electron chi connectivity index (χ3n) is 3.28. The summed E-state index contributed by atoms with van der Waals surface area (Å²) < 4.78 is 24.7. The van der Waals surface area contributed by atoms with Crippen LogP contribution in [-0.2, 0) is 0 Å². The van der Waals surface area contributed by atoms with Gasteiger partial charge in [0.15, 0.2) is 11.5 Å². The van der Waals surface area contributed by atoms with Crippen molar-refractivity contribution < 1.29 is 13.9 Å². The number of fused-ring (bicyclic) bond motifs is 1. The Morgan fingerprint density at radius 3 is 2.67 bits per heavy atom. The van der Waals surface area contributed by atoms with Gasteiger partial charge in [0.05, 0.1) is 0 Å². The second-order valence-electron chi connectivity index (χ2n) is 4.73. The predicted octanol–water partition coefficient (Wildman–Crippen LogP) is 2.94. The van der Waals surface area contributed by atoms with E-state index in [0.717, 1.165) is 17.7 Å². The second-order valence-corrected chi connectivity index (χ2v) is 4.73. The molecule has 1 heterocycles. The molecule has 2 unspecified atom stereocenters. The Balaban J connectivity index is 2.44. The summed E-state index contributed by atoms with van der Waals surface area (Å²) in [5.41, 5.74) is 7.23. The minimum Gasteiger partial charge on any atom is -0.486 e. The van der Waals surface area contributed by atoms with Crippen LogP contribution in [0.1, 0.15) is 43.5 Å². The van der Waals surface area contributed by atoms with Crippen LogP contribution in [0, 0.1) is 0 Å². The van der Waals surface area contributed by atoms with Crippen molar-refractivity contribution in [1.29, 1.82) is 0 Å². The average molecular weight is 253 g/mol. The van der Waals surface area contributed by atoms with Gasteiger partial charge in [0, 0.05) is 5.56 Å². The van der Waals surface area contributed by atoms with Crippen molar-refractivity contribution in [3.8, 4) is 11.5 Å². The van der Waals surface area contributed by atoms with Crippen LogP contribution in [0.2, 0.25) is 0 Å². The van der Waals surface area contributed by atoms with Gasteiger partial charge in [-0.05, 0) is 43.5 Å². The first kappa shape index (κ1) is 13.1. The summed E-state index contributed by atoms with van der Waals surface area (Å²) in [4.78, 5) is 0. The number of nitrogens with two attached hydrogens (primary N) is 1. The first-order valence-corrected chi connectivity index (χ1v) is 6.41. The van der Waals surface area contributed by atoms with Crippen LogP contribution in [-0.4, -0.2) is 19.8 Å². The molecule has 0 spiro atoms. The fourth-order valence-electron chi connectivity index (χ4n) is 2.20. The molecule has 100 valence electrons. The van der Waals surface area contributed by atoms with Gasteiger partial charge in [0.25, 0.3) is 0 Å². The van der Waals surface area contributed by atoms with Crippen molar-refractivity contribution in [1.82, 2.24) is 0 Å². The quantitative estimate of drug-likeness (QED) is 0.897. The fraction of sp³-hybridized carbons (Fsp3) is 0.571. The number of hydrogen-bond donors (Lipinski definition) is 1. The van der Waals surface area contributed by atoms with Gasteiger partial charge in [-0.15, -0.1) is 0 Å². The lowest BCUT2D eigenvalue weighted by Crippen LogP contribution is -2.18. The van der Waals surface area contributed by atoms with Gasteiger partial charge in [0.2, 0.25) is 0 Å². The molecular weight excluding hydrogens is 233 g/mol. The van der Waals surface area contributed by atoms with Crippen molar-refractivity contribution in [3.05, 3.63) is 23.3 Å². The molecule has 0 saturated carbocycles. The first-order valence-electron chi connectivity index (χ1n) is 6.41. The Bertz CT molecular complexity index is 421. The summed E-state index contributed by atoms with van der Waals surface area (Å²) in [6, 6.07) is 3.61. The van der Waals surface area contributed by atoms with E-state index in [9.17, 15) is 4.39 Å². The molecule has 0 aromatic heterocycles. The molecule has 0 fully saturated rings. The topological polar surface area (TPSA) is 44.5 Å². The summed E-state index contributed by atoms with van der Waals surface area (Å²) >= 11 is 0. The van der Waals surface area contributed by atoms with E-state index in [0.29, 0.717) is 31.1 Å². The highest BCUT2D eigenvalue weighted by atomic mass is 19.1. The van der Waals surface area contributed by atoms with Crippen molar-refractivity contribution in [2.24, 2.45) is 5.73 Å². The lowest BCUT2D eigenvalue weighted by molar-refractivity contribution is 0.168. The van der Waals surface area contributed by atoms with Gasteiger partial charge in [-0.1, -0.05) is 6.92 Å². The summed E-state index contributed by atoms with van der Waals surface area (Å²) in [6.07, 6.45) is -0.162. The minimum absolute atomic E-state index is 0.240. The monoisotopic (exact) mass is 253 g/mol. The van der Waals surface area contributed by atoms with Crippen molar-refractivity contribution in [2.45, 2.75) is 32.4 Å². The van der Waals surface area contributed by atoms with Gasteiger partial charge < -0.3 is 15.2 Å². The molecule has 0 amide bonds. The van der Waals surface area contributed by atoms with Crippen LogP contribution in [0.4, 0.5) is 4.39 Å². The van der Waals surface area contributed by atoms with Crippen LogP contribution in [0.15, 0.2) is 12.1 Å². The van der Waals surface area contributed by atoms with Gasteiger partial charge in [-0.3, -0.25) is 0 Å². The van der Waals surface area contributed by atoms with Gasteiger partial charge in [0.1, 0.15) is 19.4 Å². The normalized spacial score (nSPS) is 17.3. The summed E-state index contributed by atoms with van der Waals surface area (Å²) in [5, 5.41) is 0. The van der Waals surface area contributed by atoms with E-state index < -0.39 is 6.17 Å². The van der Waals surface area contributed by atoms with Crippen LogP contribution in [0.25, 0.3) is 0 Å². The Kier molecular flexibility index (Phi) is 4.07. The molecule has 18 heavy (non-hydrogen) atoms. The molecule has 3 nitrogen and oxygen atoms in total. The molecule has 4 heteroatoms. The maximum atomic E-state index is 13.5. The van der Waals surface area contributed by atoms with Gasteiger partial charge in [-0.25, -0.2) is 4.39 Å². The van der Waals surface area contributed by atoms with E-state index in [1.807, 2.05) is 6.07 Å². The van der Waals surface area contributed by atoms with E-state index in [-0.39, 0.29) is 5.92 Å². The Hall–Kier alpha value is -1.29. The SMILES string of the molecule is CC(F)c1cc2c(c(C(C)CCN)c1)OCCO2. The van der Waals surface area contributed by atoms with Crippen LogP contribution in [0.3, 0.4) is 0 Å². The minimum atomic E-state index is -1.01. The van der Waals surface area contributed by atoms with E-state index in [1.54, 1.807) is 6.07 Å². The van der Waals surface area contributed by atoms with E-state index in [4.69, 9.17) is 15.2 Å². The molecular formula is C14H20FNO2. The van der Waals surface area contributed by atoms with Crippen molar-refractivity contribution in [2.75, 3.05) is 19.8 Å². The van der Waals surface area contributed by atoms with Crippen molar-refractivity contribution >= 4 is 0 Å². The maximum absolute atomic E-state index is 13.5. The first-order chi connectivity index (χ1) is 8.63. The number of ether oxygens (including phenoxy) is 2. The number of hydrogen-bond acceptors (Lipinski definition) is 3. The standard InChI is InChI=1S/C14H20FNO2/c1-9(3-4-16)12-7-11(10(2)15)8-13-14(12)18-6-5-17-13/h7-10H,3-6,16H2,1-2H3.